The lowest BCUT2D eigenvalue weighted by molar-refractivity contribution is 0.567. The lowest BCUT2D eigenvalue weighted by Crippen LogP contribution is -2.34. The molecule has 1 fully saturated rings. The third-order valence-electron chi connectivity index (χ3n) is 2.75. The number of thiazole rings is 1. The van der Waals surface area contributed by atoms with Crippen LogP contribution in [0, 0.1) is 6.92 Å². The maximum Gasteiger partial charge on any atom is 0.215 e. The van der Waals surface area contributed by atoms with E-state index >= 15 is 0 Å². The summed E-state index contributed by atoms with van der Waals surface area (Å²) in [6.07, 6.45) is 0.174. The van der Waals surface area contributed by atoms with E-state index in [1.165, 1.54) is 11.3 Å². The monoisotopic (exact) mass is 310 g/mol. The molecule has 1 aliphatic rings. The van der Waals surface area contributed by atoms with Gasteiger partial charge >= 0.3 is 0 Å². The molecule has 1 aromatic rings. The zero-order valence-electron chi connectivity index (χ0n) is 9.79. The van der Waals surface area contributed by atoms with Gasteiger partial charge in [0.15, 0.2) is 9.84 Å². The summed E-state index contributed by atoms with van der Waals surface area (Å²) in [6, 6.07) is 0. The van der Waals surface area contributed by atoms with Crippen LogP contribution in [-0.2, 0) is 26.4 Å². The van der Waals surface area contributed by atoms with Crippen molar-refractivity contribution >= 4 is 31.2 Å². The summed E-state index contributed by atoms with van der Waals surface area (Å²) in [6.45, 7) is 1.95. The molecule has 1 atom stereocenters. The van der Waals surface area contributed by atoms with Crippen LogP contribution in [0.3, 0.4) is 0 Å². The van der Waals surface area contributed by atoms with Crippen LogP contribution in [0.2, 0.25) is 0 Å². The molecule has 0 aromatic carbocycles. The minimum absolute atomic E-state index is 0.0472. The Bertz CT molecular complexity index is 633. The Hall–Kier alpha value is -0.510. The summed E-state index contributed by atoms with van der Waals surface area (Å²) < 4.78 is 48.7. The molecule has 2 rings (SSSR count). The van der Waals surface area contributed by atoms with E-state index in [1.807, 2.05) is 6.92 Å². The number of aryl methyl sites for hydroxylation is 1. The topological polar surface area (TPSA) is 93.2 Å². The van der Waals surface area contributed by atoms with Gasteiger partial charge in [0.2, 0.25) is 10.0 Å². The SMILES string of the molecule is Cc1nc(CNS(=O)(=O)[C@@H]2CCS(=O)(=O)C2)cs1. The average molecular weight is 310 g/mol. The van der Waals surface area contributed by atoms with Crippen LogP contribution in [0.25, 0.3) is 0 Å². The molecule has 1 aromatic heterocycles. The first kappa shape index (κ1) is 13.9. The van der Waals surface area contributed by atoms with Crippen LogP contribution in [0.15, 0.2) is 5.38 Å². The van der Waals surface area contributed by atoms with Gasteiger partial charge in [-0.25, -0.2) is 26.5 Å². The van der Waals surface area contributed by atoms with Gasteiger partial charge in [-0.3, -0.25) is 0 Å². The van der Waals surface area contributed by atoms with Crippen molar-refractivity contribution in [2.24, 2.45) is 0 Å². The number of aromatic nitrogens is 1. The number of sulfone groups is 1. The Labute approximate surface area is 110 Å². The highest BCUT2D eigenvalue weighted by Gasteiger charge is 2.36. The van der Waals surface area contributed by atoms with Gasteiger partial charge in [0.05, 0.1) is 34.0 Å². The summed E-state index contributed by atoms with van der Waals surface area (Å²) in [7, 11) is -6.77. The van der Waals surface area contributed by atoms with E-state index in [2.05, 4.69) is 9.71 Å². The van der Waals surface area contributed by atoms with Crippen molar-refractivity contribution in [3.05, 3.63) is 16.1 Å². The molecule has 9 heteroatoms. The smallest absolute Gasteiger partial charge is 0.215 e. The van der Waals surface area contributed by atoms with Crippen LogP contribution < -0.4 is 4.72 Å². The van der Waals surface area contributed by atoms with E-state index in [0.717, 1.165) is 5.01 Å². The van der Waals surface area contributed by atoms with Crippen LogP contribution in [0.5, 0.6) is 0 Å². The molecule has 0 aliphatic carbocycles. The maximum absolute atomic E-state index is 11.9. The highest BCUT2D eigenvalue weighted by molar-refractivity contribution is 7.95. The highest BCUT2D eigenvalue weighted by Crippen LogP contribution is 2.18. The van der Waals surface area contributed by atoms with Gasteiger partial charge in [0, 0.05) is 5.38 Å². The summed E-state index contributed by atoms with van der Waals surface area (Å²) in [5.41, 5.74) is 0.655. The first-order chi connectivity index (χ1) is 8.28. The second-order valence-electron chi connectivity index (χ2n) is 4.25. The van der Waals surface area contributed by atoms with Crippen LogP contribution in [0.1, 0.15) is 17.1 Å². The van der Waals surface area contributed by atoms with Crippen molar-refractivity contribution in [1.82, 2.24) is 9.71 Å². The van der Waals surface area contributed by atoms with Crippen molar-refractivity contribution in [2.45, 2.75) is 25.1 Å². The largest absolute Gasteiger partial charge is 0.245 e. The van der Waals surface area contributed by atoms with Gasteiger partial charge in [0.1, 0.15) is 0 Å². The summed E-state index contributed by atoms with van der Waals surface area (Å²) in [5.74, 6) is -0.327. The summed E-state index contributed by atoms with van der Waals surface area (Å²) >= 11 is 1.45. The minimum Gasteiger partial charge on any atom is -0.245 e. The number of nitrogens with one attached hydrogen (secondary N) is 1. The van der Waals surface area contributed by atoms with Crippen molar-refractivity contribution in [1.29, 1.82) is 0 Å². The molecule has 0 radical (unpaired) electrons. The number of sulfonamides is 1. The zero-order valence-corrected chi connectivity index (χ0v) is 12.2. The summed E-state index contributed by atoms with van der Waals surface area (Å²) in [5, 5.41) is 1.82. The maximum atomic E-state index is 11.9. The Morgan fingerprint density at radius 3 is 2.78 bits per heavy atom. The molecule has 2 heterocycles. The second kappa shape index (κ2) is 4.87. The fourth-order valence-electron chi connectivity index (χ4n) is 1.79. The van der Waals surface area contributed by atoms with Crippen molar-refractivity contribution in [2.75, 3.05) is 11.5 Å². The van der Waals surface area contributed by atoms with Gasteiger partial charge in [-0.15, -0.1) is 11.3 Å². The molecule has 0 saturated carbocycles. The average Bonchev–Trinajstić information content (AvgIpc) is 2.82. The van der Waals surface area contributed by atoms with E-state index in [0.29, 0.717) is 5.69 Å². The fraction of sp³-hybridized carbons (Fsp3) is 0.667. The molecule has 1 saturated heterocycles. The number of nitrogens with zero attached hydrogens (tertiary/aromatic N) is 1. The van der Waals surface area contributed by atoms with Crippen molar-refractivity contribution in [3.8, 4) is 0 Å². The molecular weight excluding hydrogens is 296 g/mol. The quantitative estimate of drug-likeness (QED) is 0.848. The molecule has 0 unspecified atom stereocenters. The van der Waals surface area contributed by atoms with E-state index in [4.69, 9.17) is 0 Å². The number of hydrogen-bond acceptors (Lipinski definition) is 6. The lowest BCUT2D eigenvalue weighted by atomic mass is 10.4. The van der Waals surface area contributed by atoms with E-state index in [1.54, 1.807) is 5.38 Å². The standard InChI is InChI=1S/C9H14N2O4S3/c1-7-11-8(5-16-7)4-10-18(14,15)9-2-3-17(12,13)6-9/h5,9-10H,2-4,6H2,1H3/t9-/m1/s1. The first-order valence-electron chi connectivity index (χ1n) is 5.38. The minimum atomic E-state index is -3.58. The third kappa shape index (κ3) is 3.28. The van der Waals surface area contributed by atoms with Gasteiger partial charge < -0.3 is 0 Å². The Kier molecular flexibility index (Phi) is 3.77. The molecule has 0 bridgehead atoms. The fourth-order valence-corrected chi connectivity index (χ4v) is 6.44. The second-order valence-corrected chi connectivity index (χ2v) is 9.59. The van der Waals surface area contributed by atoms with Crippen LogP contribution in [0.4, 0.5) is 0 Å². The predicted molar refractivity (Wildman–Crippen MR) is 69.7 cm³/mol. The molecule has 0 spiro atoms. The van der Waals surface area contributed by atoms with Crippen molar-refractivity contribution in [3.63, 3.8) is 0 Å². The zero-order chi connectivity index (χ0) is 13.4. The van der Waals surface area contributed by atoms with Gasteiger partial charge in [-0.05, 0) is 13.3 Å². The van der Waals surface area contributed by atoms with E-state index in [9.17, 15) is 16.8 Å². The molecule has 0 amide bonds. The molecule has 6 nitrogen and oxygen atoms in total. The highest BCUT2D eigenvalue weighted by atomic mass is 32.2. The van der Waals surface area contributed by atoms with Crippen LogP contribution >= 0.6 is 11.3 Å². The molecule has 1 N–H and O–H groups in total. The van der Waals surface area contributed by atoms with E-state index < -0.39 is 25.1 Å². The predicted octanol–water partition coefficient (Wildman–Crippen LogP) is 0.0580. The van der Waals surface area contributed by atoms with Crippen LogP contribution in [-0.4, -0.2) is 38.6 Å². The summed E-state index contributed by atoms with van der Waals surface area (Å²) in [4.78, 5) is 4.14. The van der Waals surface area contributed by atoms with Crippen molar-refractivity contribution < 1.29 is 16.8 Å². The molecular formula is C9H14N2O4S3. The normalized spacial score (nSPS) is 23.3. The lowest BCUT2D eigenvalue weighted by Gasteiger charge is -2.10. The van der Waals surface area contributed by atoms with E-state index in [-0.39, 0.29) is 24.5 Å². The van der Waals surface area contributed by atoms with Gasteiger partial charge in [0.25, 0.3) is 0 Å². The van der Waals surface area contributed by atoms with Gasteiger partial charge in [-0.1, -0.05) is 0 Å². The number of hydrogen-bond donors (Lipinski definition) is 1. The van der Waals surface area contributed by atoms with Gasteiger partial charge in [-0.2, -0.15) is 0 Å². The Balaban J connectivity index is 2.00. The Morgan fingerprint density at radius 1 is 1.56 bits per heavy atom. The molecule has 18 heavy (non-hydrogen) atoms. The Morgan fingerprint density at radius 2 is 2.28 bits per heavy atom. The third-order valence-corrected chi connectivity index (χ3v) is 7.38. The number of rotatable bonds is 4. The first-order valence-corrected chi connectivity index (χ1v) is 9.63. The molecule has 1 aliphatic heterocycles. The molecule has 102 valence electrons.